The Hall–Kier alpha value is -6.08. The summed E-state index contributed by atoms with van der Waals surface area (Å²) in [6.45, 7) is 0.394. The number of aliphatic carboxylic acids is 1. The normalized spacial score (nSPS) is 15.5. The minimum atomic E-state index is -1.46. The zero-order valence-electron chi connectivity index (χ0n) is 26.9. The third-order valence-corrected chi connectivity index (χ3v) is 8.04. The summed E-state index contributed by atoms with van der Waals surface area (Å²) in [5, 5.41) is 14.4. The molecule has 1 aliphatic rings. The van der Waals surface area contributed by atoms with Crippen LogP contribution < -0.4 is 20.5 Å². The maximum absolute atomic E-state index is 13.5. The van der Waals surface area contributed by atoms with Crippen molar-refractivity contribution in [3.63, 3.8) is 0 Å². The molecular formula is C37H36N4O9. The van der Waals surface area contributed by atoms with Gasteiger partial charge in [0, 0.05) is 6.42 Å². The highest BCUT2D eigenvalue weighted by Gasteiger charge is 2.46. The Labute approximate surface area is 287 Å². The van der Waals surface area contributed by atoms with Gasteiger partial charge in [-0.05, 0) is 46.5 Å². The van der Waals surface area contributed by atoms with Gasteiger partial charge in [-0.3, -0.25) is 14.4 Å². The molecule has 258 valence electrons. The van der Waals surface area contributed by atoms with Crippen LogP contribution in [-0.2, 0) is 37.1 Å². The van der Waals surface area contributed by atoms with E-state index in [0.29, 0.717) is 23.7 Å². The Morgan fingerprint density at radius 3 is 1.94 bits per heavy atom. The minimum absolute atomic E-state index is 0.00300. The van der Waals surface area contributed by atoms with E-state index in [1.807, 2.05) is 60.7 Å². The standard InChI is InChI=1S/C37H36N4O9/c38-30(36(44)45)19-20-48-28-15-11-26(12-16-28)32(40-47)34(42)39-31-21-41(35(31)43)33(37(46)50-23-25-9-5-2-6-10-25)27-13-17-29(18-14-27)49-22-24-7-3-1-4-8-24/h1-18,30-33H,19-23,38H2,(H,39,42)(H,44,45)/t30?,31-,32?,33?/m0/s1. The topological polar surface area (TPSA) is 187 Å². The van der Waals surface area contributed by atoms with Crippen LogP contribution in [0.2, 0.25) is 0 Å². The van der Waals surface area contributed by atoms with Gasteiger partial charge in [0.1, 0.15) is 36.8 Å². The Kier molecular flexibility index (Phi) is 11.9. The van der Waals surface area contributed by atoms with Gasteiger partial charge in [0.05, 0.1) is 13.2 Å². The Morgan fingerprint density at radius 2 is 1.38 bits per heavy atom. The number of β-lactam (4-membered cyclic amide) rings is 1. The average Bonchev–Trinajstić information content (AvgIpc) is 3.14. The second-order valence-corrected chi connectivity index (χ2v) is 11.5. The number of amides is 2. The maximum Gasteiger partial charge on any atom is 0.333 e. The molecule has 0 bridgehead atoms. The molecule has 1 saturated heterocycles. The van der Waals surface area contributed by atoms with Crippen LogP contribution in [0, 0.1) is 4.91 Å². The van der Waals surface area contributed by atoms with Gasteiger partial charge in [-0.1, -0.05) is 90.1 Å². The molecule has 13 heteroatoms. The number of nitroso groups, excluding NO2 is 1. The number of carbonyl (C=O) groups excluding carboxylic acids is 3. The van der Waals surface area contributed by atoms with E-state index >= 15 is 0 Å². The summed E-state index contributed by atoms with van der Waals surface area (Å²) in [5.74, 6) is -2.16. The quantitative estimate of drug-likeness (QED) is 0.0834. The number of nitrogens with zero attached hydrogens (tertiary/aromatic N) is 2. The molecule has 0 aromatic heterocycles. The number of esters is 1. The van der Waals surface area contributed by atoms with E-state index in [1.165, 1.54) is 29.2 Å². The maximum atomic E-state index is 13.5. The molecule has 4 aromatic carbocycles. The molecule has 5 rings (SSSR count). The van der Waals surface area contributed by atoms with Gasteiger partial charge in [0.25, 0.3) is 5.91 Å². The molecule has 0 radical (unpaired) electrons. The molecule has 0 aliphatic carbocycles. The zero-order chi connectivity index (χ0) is 35.5. The molecule has 4 atom stereocenters. The number of ether oxygens (including phenoxy) is 3. The van der Waals surface area contributed by atoms with E-state index in [1.54, 1.807) is 24.3 Å². The molecule has 0 spiro atoms. The summed E-state index contributed by atoms with van der Waals surface area (Å²) in [4.78, 5) is 63.9. The van der Waals surface area contributed by atoms with Crippen LogP contribution in [0.15, 0.2) is 114 Å². The summed E-state index contributed by atoms with van der Waals surface area (Å²) in [6, 6.07) is 26.9. The van der Waals surface area contributed by atoms with Crippen LogP contribution in [0.1, 0.15) is 40.8 Å². The number of nitrogens with two attached hydrogens (primary N) is 1. The molecule has 3 unspecified atom stereocenters. The van der Waals surface area contributed by atoms with Crippen LogP contribution in [0.25, 0.3) is 0 Å². The largest absolute Gasteiger partial charge is 0.494 e. The van der Waals surface area contributed by atoms with Crippen molar-refractivity contribution in [1.82, 2.24) is 10.2 Å². The molecule has 1 fully saturated rings. The lowest BCUT2D eigenvalue weighted by Gasteiger charge is -2.42. The lowest BCUT2D eigenvalue weighted by Crippen LogP contribution is -2.65. The first-order valence-corrected chi connectivity index (χ1v) is 15.8. The highest BCUT2D eigenvalue weighted by Crippen LogP contribution is 2.31. The molecule has 0 saturated carbocycles. The van der Waals surface area contributed by atoms with Gasteiger partial charge in [-0.15, -0.1) is 4.91 Å². The monoisotopic (exact) mass is 680 g/mol. The van der Waals surface area contributed by atoms with Gasteiger partial charge in [0.2, 0.25) is 5.91 Å². The highest BCUT2D eigenvalue weighted by molar-refractivity contribution is 5.97. The van der Waals surface area contributed by atoms with E-state index in [0.717, 1.165) is 11.1 Å². The first kappa shape index (κ1) is 35.2. The van der Waals surface area contributed by atoms with E-state index in [4.69, 9.17) is 25.1 Å². The zero-order valence-corrected chi connectivity index (χ0v) is 26.9. The van der Waals surface area contributed by atoms with E-state index in [2.05, 4.69) is 10.5 Å². The van der Waals surface area contributed by atoms with Gasteiger partial charge in [-0.25, -0.2) is 4.79 Å². The van der Waals surface area contributed by atoms with Gasteiger partial charge in [-0.2, -0.15) is 0 Å². The fourth-order valence-electron chi connectivity index (χ4n) is 5.21. The van der Waals surface area contributed by atoms with E-state index in [-0.39, 0.29) is 31.7 Å². The van der Waals surface area contributed by atoms with Gasteiger partial charge < -0.3 is 35.3 Å². The lowest BCUT2D eigenvalue weighted by atomic mass is 9.97. The fraction of sp³-hybridized carbons (Fsp3) is 0.243. The number of nitrogens with one attached hydrogen (secondary N) is 1. The van der Waals surface area contributed by atoms with Crippen molar-refractivity contribution in [2.75, 3.05) is 13.2 Å². The third-order valence-electron chi connectivity index (χ3n) is 8.04. The molecule has 4 N–H and O–H groups in total. The van der Waals surface area contributed by atoms with Crippen molar-refractivity contribution in [2.24, 2.45) is 10.9 Å². The van der Waals surface area contributed by atoms with Crippen LogP contribution in [0.3, 0.4) is 0 Å². The SMILES string of the molecule is NC(CCOc1ccc(C(N=O)C(=O)N[C@H]2CN(C(C(=O)OCc3ccccc3)c3ccc(OCc4ccccc4)cc3)C2=O)cc1)C(=O)O. The number of carbonyl (C=O) groups is 4. The summed E-state index contributed by atoms with van der Waals surface area (Å²) < 4.78 is 17.0. The average molecular weight is 681 g/mol. The van der Waals surface area contributed by atoms with Crippen LogP contribution in [-0.4, -0.2) is 59.0 Å². The number of benzene rings is 4. The van der Waals surface area contributed by atoms with Crippen molar-refractivity contribution in [3.8, 4) is 11.5 Å². The number of carboxylic acid groups (broad SMARTS) is 1. The number of rotatable bonds is 17. The number of hydrogen-bond acceptors (Lipinski definition) is 10. The first-order valence-electron chi connectivity index (χ1n) is 15.8. The summed E-state index contributed by atoms with van der Waals surface area (Å²) in [5.41, 5.74) is 7.99. The predicted octanol–water partition coefficient (Wildman–Crippen LogP) is 4.07. The van der Waals surface area contributed by atoms with Crippen molar-refractivity contribution < 1.29 is 38.5 Å². The predicted molar refractivity (Wildman–Crippen MR) is 181 cm³/mol. The molecular weight excluding hydrogens is 644 g/mol. The first-order chi connectivity index (χ1) is 24.2. The van der Waals surface area contributed by atoms with Crippen molar-refractivity contribution >= 4 is 23.8 Å². The molecule has 50 heavy (non-hydrogen) atoms. The minimum Gasteiger partial charge on any atom is -0.494 e. The van der Waals surface area contributed by atoms with Crippen LogP contribution in [0.4, 0.5) is 0 Å². The summed E-state index contributed by atoms with van der Waals surface area (Å²) in [6.07, 6.45) is 0.0878. The number of carboxylic acids is 1. The van der Waals surface area contributed by atoms with Crippen LogP contribution in [0.5, 0.6) is 11.5 Å². The van der Waals surface area contributed by atoms with Crippen molar-refractivity contribution in [1.29, 1.82) is 0 Å². The molecule has 1 aliphatic heterocycles. The Morgan fingerprint density at radius 1 is 0.820 bits per heavy atom. The molecule has 1 heterocycles. The Bertz CT molecular complexity index is 1770. The molecule has 13 nitrogen and oxygen atoms in total. The second kappa shape index (κ2) is 16.8. The summed E-state index contributed by atoms with van der Waals surface area (Å²) >= 11 is 0. The smallest absolute Gasteiger partial charge is 0.333 e. The molecule has 4 aromatic rings. The third kappa shape index (κ3) is 9.08. The number of likely N-dealkylation sites (tertiary alicyclic amines) is 1. The fourth-order valence-corrected chi connectivity index (χ4v) is 5.21. The van der Waals surface area contributed by atoms with Gasteiger partial charge >= 0.3 is 11.9 Å². The Balaban J connectivity index is 1.22. The molecule has 2 amide bonds. The van der Waals surface area contributed by atoms with Crippen LogP contribution >= 0.6 is 0 Å². The lowest BCUT2D eigenvalue weighted by molar-refractivity contribution is -0.164. The number of hydrogen-bond donors (Lipinski definition) is 3. The van der Waals surface area contributed by atoms with Crippen molar-refractivity contribution in [2.45, 2.75) is 43.8 Å². The van der Waals surface area contributed by atoms with E-state index < -0.39 is 47.9 Å². The highest BCUT2D eigenvalue weighted by atomic mass is 16.5. The van der Waals surface area contributed by atoms with E-state index in [9.17, 15) is 24.1 Å². The van der Waals surface area contributed by atoms with Crippen molar-refractivity contribution in [3.05, 3.63) is 136 Å². The van der Waals surface area contributed by atoms with Gasteiger partial charge in [0.15, 0.2) is 12.1 Å². The second-order valence-electron chi connectivity index (χ2n) is 11.5. The summed E-state index contributed by atoms with van der Waals surface area (Å²) in [7, 11) is 0.